The van der Waals surface area contributed by atoms with Gasteiger partial charge in [-0.2, -0.15) is 0 Å². The molecule has 0 bridgehead atoms. The summed E-state index contributed by atoms with van der Waals surface area (Å²) in [5, 5.41) is 8.48. The highest BCUT2D eigenvalue weighted by atomic mass is 16.4. The molecule has 0 aliphatic carbocycles. The lowest BCUT2D eigenvalue weighted by Crippen LogP contribution is -2.34. The maximum atomic E-state index is 5.92. The summed E-state index contributed by atoms with van der Waals surface area (Å²) >= 11 is 0. The number of piperidine rings is 1. The highest BCUT2D eigenvalue weighted by Crippen LogP contribution is 2.28. The molecule has 25 heavy (non-hydrogen) atoms. The molecule has 4 rings (SSSR count). The van der Waals surface area contributed by atoms with E-state index in [-0.39, 0.29) is 0 Å². The van der Waals surface area contributed by atoms with E-state index in [4.69, 9.17) is 4.42 Å². The number of aromatic nitrogens is 3. The van der Waals surface area contributed by atoms with Crippen molar-refractivity contribution in [2.24, 2.45) is 0 Å². The van der Waals surface area contributed by atoms with Crippen LogP contribution in [0.3, 0.4) is 0 Å². The molecule has 0 radical (unpaired) electrons. The first kappa shape index (κ1) is 16.0. The highest BCUT2D eigenvalue weighted by Gasteiger charge is 2.26. The van der Waals surface area contributed by atoms with Gasteiger partial charge in [-0.05, 0) is 49.6 Å². The molecule has 0 unspecified atom stereocenters. The van der Waals surface area contributed by atoms with E-state index in [0.29, 0.717) is 11.8 Å². The van der Waals surface area contributed by atoms with Crippen LogP contribution in [0.15, 0.2) is 53.1 Å². The molecule has 5 nitrogen and oxygen atoms in total. The number of nitrogens with zero attached hydrogens (tertiary/aromatic N) is 4. The van der Waals surface area contributed by atoms with Gasteiger partial charge in [-0.1, -0.05) is 30.3 Å². The van der Waals surface area contributed by atoms with Crippen LogP contribution in [-0.4, -0.2) is 33.2 Å². The summed E-state index contributed by atoms with van der Waals surface area (Å²) in [6.07, 6.45) is 3.98. The van der Waals surface area contributed by atoms with E-state index in [1.54, 1.807) is 6.20 Å². The van der Waals surface area contributed by atoms with Crippen molar-refractivity contribution in [3.63, 3.8) is 0 Å². The molecule has 1 aliphatic heterocycles. The van der Waals surface area contributed by atoms with Gasteiger partial charge in [0.05, 0.1) is 5.92 Å². The number of benzene rings is 1. The van der Waals surface area contributed by atoms with Crippen molar-refractivity contribution in [1.29, 1.82) is 0 Å². The van der Waals surface area contributed by atoms with E-state index in [9.17, 15) is 0 Å². The summed E-state index contributed by atoms with van der Waals surface area (Å²) in [6.45, 7) is 5.22. The van der Waals surface area contributed by atoms with Crippen LogP contribution in [0.4, 0.5) is 0 Å². The van der Waals surface area contributed by atoms with Crippen molar-refractivity contribution < 1.29 is 4.42 Å². The lowest BCUT2D eigenvalue weighted by atomic mass is 9.97. The maximum Gasteiger partial charge on any atom is 0.266 e. The topological polar surface area (TPSA) is 55.1 Å². The van der Waals surface area contributed by atoms with Crippen LogP contribution < -0.4 is 0 Å². The normalized spacial score (nSPS) is 18.4. The molecule has 3 aromatic rings. The van der Waals surface area contributed by atoms with E-state index < -0.39 is 0 Å². The molecule has 1 saturated heterocycles. The second-order valence-corrected chi connectivity index (χ2v) is 6.66. The third kappa shape index (κ3) is 3.61. The fourth-order valence-electron chi connectivity index (χ4n) is 3.42. The molecular weight excluding hydrogens is 312 g/mol. The average molecular weight is 334 g/mol. The van der Waals surface area contributed by atoms with Gasteiger partial charge in [0.2, 0.25) is 5.89 Å². The van der Waals surface area contributed by atoms with Gasteiger partial charge in [0.1, 0.15) is 5.69 Å². The smallest absolute Gasteiger partial charge is 0.266 e. The van der Waals surface area contributed by atoms with Crippen molar-refractivity contribution in [3.05, 3.63) is 65.7 Å². The summed E-state index contributed by atoms with van der Waals surface area (Å²) in [7, 11) is 0. The Hall–Kier alpha value is -2.53. The number of hydrogen-bond donors (Lipinski definition) is 0. The lowest BCUT2D eigenvalue weighted by Gasteiger charge is -2.31. The van der Waals surface area contributed by atoms with Crippen LogP contribution in [-0.2, 0) is 6.54 Å². The summed E-state index contributed by atoms with van der Waals surface area (Å²) in [4.78, 5) is 6.77. The minimum Gasteiger partial charge on any atom is -0.419 e. The Kier molecular flexibility index (Phi) is 4.57. The van der Waals surface area contributed by atoms with Gasteiger partial charge >= 0.3 is 0 Å². The summed E-state index contributed by atoms with van der Waals surface area (Å²) in [5.74, 6) is 1.53. The van der Waals surface area contributed by atoms with Gasteiger partial charge in [0.15, 0.2) is 0 Å². The lowest BCUT2D eigenvalue weighted by molar-refractivity contribution is 0.186. The van der Waals surface area contributed by atoms with Gasteiger partial charge in [-0.15, -0.1) is 10.2 Å². The second-order valence-electron chi connectivity index (χ2n) is 6.66. The minimum absolute atomic E-state index is 0.294. The maximum absolute atomic E-state index is 5.92. The Labute approximate surface area is 147 Å². The zero-order valence-electron chi connectivity index (χ0n) is 14.4. The summed E-state index contributed by atoms with van der Waals surface area (Å²) in [5.41, 5.74) is 3.47. The molecule has 1 atom stereocenters. The zero-order chi connectivity index (χ0) is 17.1. The van der Waals surface area contributed by atoms with Gasteiger partial charge < -0.3 is 4.42 Å². The van der Waals surface area contributed by atoms with E-state index in [0.717, 1.165) is 44.1 Å². The first-order chi connectivity index (χ1) is 12.3. The van der Waals surface area contributed by atoms with Crippen LogP contribution >= 0.6 is 0 Å². The van der Waals surface area contributed by atoms with Crippen LogP contribution in [0, 0.1) is 6.92 Å². The molecule has 128 valence electrons. The van der Waals surface area contributed by atoms with Crippen LogP contribution in [0.5, 0.6) is 0 Å². The van der Waals surface area contributed by atoms with Crippen molar-refractivity contribution in [2.75, 3.05) is 13.1 Å². The van der Waals surface area contributed by atoms with Crippen molar-refractivity contribution in [3.8, 4) is 11.6 Å². The van der Waals surface area contributed by atoms with Crippen molar-refractivity contribution in [1.82, 2.24) is 20.1 Å². The zero-order valence-corrected chi connectivity index (χ0v) is 14.4. The quantitative estimate of drug-likeness (QED) is 0.726. The number of hydrogen-bond acceptors (Lipinski definition) is 5. The molecule has 5 heteroatoms. The Morgan fingerprint density at radius 3 is 2.84 bits per heavy atom. The number of likely N-dealkylation sites (tertiary alicyclic amines) is 1. The molecule has 0 saturated carbocycles. The minimum atomic E-state index is 0.294. The highest BCUT2D eigenvalue weighted by molar-refractivity contribution is 5.45. The third-order valence-electron chi connectivity index (χ3n) is 4.83. The molecular formula is C20H22N4O. The molecule has 1 aromatic carbocycles. The van der Waals surface area contributed by atoms with Gasteiger partial charge in [0.25, 0.3) is 5.89 Å². The molecule has 1 aliphatic rings. The number of rotatable bonds is 4. The molecule has 0 N–H and O–H groups in total. The van der Waals surface area contributed by atoms with Crippen LogP contribution in [0.1, 0.15) is 35.8 Å². The summed E-state index contributed by atoms with van der Waals surface area (Å²) in [6, 6.07) is 14.3. The van der Waals surface area contributed by atoms with E-state index >= 15 is 0 Å². The Morgan fingerprint density at radius 2 is 2.00 bits per heavy atom. The Balaban J connectivity index is 1.46. The SMILES string of the molecule is Cc1ccccc1CN1CCC[C@H](c2nnc(-c3ccccn3)o2)C1. The largest absolute Gasteiger partial charge is 0.419 e. The predicted octanol–water partition coefficient (Wildman–Crippen LogP) is 3.82. The van der Waals surface area contributed by atoms with E-state index in [1.165, 1.54) is 11.1 Å². The van der Waals surface area contributed by atoms with Gasteiger partial charge in [-0.3, -0.25) is 9.88 Å². The molecule has 3 heterocycles. The monoisotopic (exact) mass is 334 g/mol. The van der Waals surface area contributed by atoms with Crippen molar-refractivity contribution >= 4 is 0 Å². The third-order valence-corrected chi connectivity index (χ3v) is 4.83. The van der Waals surface area contributed by atoms with Gasteiger partial charge in [-0.25, -0.2) is 0 Å². The molecule has 1 fully saturated rings. The standard InChI is InChI=1S/C20H22N4O/c1-15-7-2-3-8-16(15)13-24-12-6-9-17(14-24)19-22-23-20(25-19)18-10-4-5-11-21-18/h2-5,7-8,10-11,17H,6,9,12-14H2,1H3/t17-/m0/s1. The second kappa shape index (κ2) is 7.15. The van der Waals surface area contributed by atoms with Crippen LogP contribution in [0.25, 0.3) is 11.6 Å². The fraction of sp³-hybridized carbons (Fsp3) is 0.350. The van der Waals surface area contributed by atoms with E-state index in [2.05, 4.69) is 51.3 Å². The Bertz CT molecular complexity index is 830. The molecule has 2 aromatic heterocycles. The van der Waals surface area contributed by atoms with Crippen molar-refractivity contribution in [2.45, 2.75) is 32.2 Å². The summed E-state index contributed by atoms with van der Waals surface area (Å²) < 4.78 is 5.92. The molecule has 0 spiro atoms. The first-order valence-electron chi connectivity index (χ1n) is 8.81. The predicted molar refractivity (Wildman–Crippen MR) is 96.0 cm³/mol. The fourth-order valence-corrected chi connectivity index (χ4v) is 3.42. The van der Waals surface area contributed by atoms with Crippen LogP contribution in [0.2, 0.25) is 0 Å². The Morgan fingerprint density at radius 1 is 1.12 bits per heavy atom. The molecule has 0 amide bonds. The number of pyridine rings is 1. The van der Waals surface area contributed by atoms with Gasteiger partial charge in [0, 0.05) is 19.3 Å². The average Bonchev–Trinajstić information content (AvgIpc) is 3.15. The first-order valence-corrected chi connectivity index (χ1v) is 8.81. The number of aryl methyl sites for hydroxylation is 1. The van der Waals surface area contributed by atoms with E-state index in [1.807, 2.05) is 18.2 Å².